The second kappa shape index (κ2) is 4.87. The van der Waals surface area contributed by atoms with E-state index in [0.717, 1.165) is 9.88 Å². The Hall–Kier alpha value is -0.450. The van der Waals surface area contributed by atoms with Crippen LogP contribution < -0.4 is 0 Å². The Morgan fingerprint density at radius 3 is 2.43 bits per heavy atom. The predicted octanol–water partition coefficient (Wildman–Crippen LogP) is 2.54. The molecular formula is C10H17NO2S. The van der Waals surface area contributed by atoms with Crippen molar-refractivity contribution in [2.24, 2.45) is 5.92 Å². The molecule has 0 fully saturated rings. The number of thiazole rings is 1. The van der Waals surface area contributed by atoms with Crippen LogP contribution in [0.2, 0.25) is 0 Å². The van der Waals surface area contributed by atoms with Gasteiger partial charge < -0.3 is 9.84 Å². The third kappa shape index (κ3) is 2.53. The molecule has 3 nitrogen and oxygen atoms in total. The summed E-state index contributed by atoms with van der Waals surface area (Å²) in [5, 5.41) is 10.3. The van der Waals surface area contributed by atoms with Gasteiger partial charge in [-0.05, 0) is 12.8 Å². The van der Waals surface area contributed by atoms with Gasteiger partial charge >= 0.3 is 0 Å². The van der Waals surface area contributed by atoms with Gasteiger partial charge in [0, 0.05) is 13.3 Å². The molecule has 2 unspecified atom stereocenters. The molecule has 4 heteroatoms. The predicted molar refractivity (Wildman–Crippen MR) is 57.3 cm³/mol. The Morgan fingerprint density at radius 2 is 2.07 bits per heavy atom. The van der Waals surface area contributed by atoms with Gasteiger partial charge in [0.25, 0.3) is 0 Å². The van der Waals surface area contributed by atoms with Gasteiger partial charge in [-0.3, -0.25) is 0 Å². The molecule has 1 rings (SSSR count). The van der Waals surface area contributed by atoms with Gasteiger partial charge in [0.2, 0.25) is 0 Å². The third-order valence-corrected chi connectivity index (χ3v) is 3.29. The lowest BCUT2D eigenvalue weighted by Crippen LogP contribution is -2.08. The van der Waals surface area contributed by atoms with Crippen molar-refractivity contribution in [1.29, 1.82) is 0 Å². The van der Waals surface area contributed by atoms with E-state index in [-0.39, 0.29) is 6.10 Å². The van der Waals surface area contributed by atoms with Crippen LogP contribution in [0.1, 0.15) is 42.9 Å². The summed E-state index contributed by atoms with van der Waals surface area (Å²) in [6.45, 7) is 5.93. The Kier molecular flexibility index (Phi) is 4.04. The van der Waals surface area contributed by atoms with E-state index >= 15 is 0 Å². The van der Waals surface area contributed by atoms with E-state index in [0.29, 0.717) is 5.92 Å². The summed E-state index contributed by atoms with van der Waals surface area (Å²) in [4.78, 5) is 5.15. The highest BCUT2D eigenvalue weighted by Gasteiger charge is 2.19. The minimum Gasteiger partial charge on any atom is -0.388 e. The molecule has 0 saturated carbocycles. The van der Waals surface area contributed by atoms with Crippen molar-refractivity contribution < 1.29 is 9.84 Å². The van der Waals surface area contributed by atoms with E-state index in [4.69, 9.17) is 4.74 Å². The molecular weight excluding hydrogens is 198 g/mol. The van der Waals surface area contributed by atoms with E-state index in [2.05, 4.69) is 18.8 Å². The third-order valence-electron chi connectivity index (χ3n) is 2.06. The Labute approximate surface area is 88.8 Å². The molecule has 0 saturated heterocycles. The number of aliphatic hydroxyl groups excluding tert-OH is 1. The fourth-order valence-electron chi connectivity index (χ4n) is 1.28. The van der Waals surface area contributed by atoms with Crippen LogP contribution in [0.25, 0.3) is 0 Å². The van der Waals surface area contributed by atoms with Crippen molar-refractivity contribution in [3.63, 3.8) is 0 Å². The summed E-state index contributed by atoms with van der Waals surface area (Å²) in [5.74, 6) is 0.396. The molecule has 1 N–H and O–H groups in total. The quantitative estimate of drug-likeness (QED) is 0.839. The molecule has 0 aromatic carbocycles. The first kappa shape index (κ1) is 11.6. The van der Waals surface area contributed by atoms with Crippen LogP contribution in [0.4, 0.5) is 0 Å². The molecule has 0 amide bonds. The van der Waals surface area contributed by atoms with E-state index in [9.17, 15) is 5.11 Å². The molecule has 0 aliphatic carbocycles. The molecule has 80 valence electrons. The van der Waals surface area contributed by atoms with E-state index in [1.54, 1.807) is 20.2 Å². The van der Waals surface area contributed by atoms with Crippen LogP contribution in [0, 0.1) is 5.92 Å². The average Bonchev–Trinajstić information content (AvgIpc) is 2.53. The molecule has 0 aliphatic rings. The number of aromatic nitrogens is 1. The zero-order valence-corrected chi connectivity index (χ0v) is 9.84. The Morgan fingerprint density at radius 1 is 1.43 bits per heavy atom. The lowest BCUT2D eigenvalue weighted by atomic mass is 10.1. The highest BCUT2D eigenvalue weighted by molar-refractivity contribution is 7.11. The summed E-state index contributed by atoms with van der Waals surface area (Å²) in [5.41, 5.74) is 0. The number of ether oxygens (including phenoxy) is 1. The summed E-state index contributed by atoms with van der Waals surface area (Å²) < 4.78 is 5.36. The normalized spacial score (nSPS) is 15.9. The average molecular weight is 215 g/mol. The number of hydrogen-bond donors (Lipinski definition) is 1. The minimum absolute atomic E-state index is 0.0347. The minimum atomic E-state index is -0.439. The smallest absolute Gasteiger partial charge is 0.122 e. The largest absolute Gasteiger partial charge is 0.388 e. The molecule has 0 bridgehead atoms. The summed E-state index contributed by atoms with van der Waals surface area (Å²) in [6, 6.07) is 0. The van der Waals surface area contributed by atoms with Crippen LogP contribution >= 0.6 is 11.3 Å². The SMILES string of the molecule is COC(c1ncc(C(C)O)s1)C(C)C. The van der Waals surface area contributed by atoms with Crippen LogP contribution in [-0.4, -0.2) is 17.2 Å². The fraction of sp³-hybridized carbons (Fsp3) is 0.700. The highest BCUT2D eigenvalue weighted by Crippen LogP contribution is 2.30. The van der Waals surface area contributed by atoms with Gasteiger partial charge in [0.1, 0.15) is 11.1 Å². The molecule has 14 heavy (non-hydrogen) atoms. The number of methoxy groups -OCH3 is 1. The van der Waals surface area contributed by atoms with Crippen LogP contribution in [0.15, 0.2) is 6.20 Å². The van der Waals surface area contributed by atoms with Gasteiger partial charge in [-0.25, -0.2) is 4.98 Å². The fourth-order valence-corrected chi connectivity index (χ4v) is 2.39. The molecule has 1 heterocycles. The highest BCUT2D eigenvalue weighted by atomic mass is 32.1. The maximum absolute atomic E-state index is 9.36. The second-order valence-corrected chi connectivity index (χ2v) is 4.77. The summed E-state index contributed by atoms with van der Waals surface area (Å²) in [7, 11) is 1.69. The van der Waals surface area contributed by atoms with Crippen LogP contribution in [0.5, 0.6) is 0 Å². The van der Waals surface area contributed by atoms with Crippen LogP contribution in [-0.2, 0) is 4.74 Å². The number of aliphatic hydroxyl groups is 1. The first-order chi connectivity index (χ1) is 6.56. The zero-order valence-electron chi connectivity index (χ0n) is 9.02. The van der Waals surface area contributed by atoms with E-state index < -0.39 is 6.10 Å². The van der Waals surface area contributed by atoms with Crippen molar-refractivity contribution in [3.05, 3.63) is 16.1 Å². The first-order valence-corrected chi connectivity index (χ1v) is 5.54. The van der Waals surface area contributed by atoms with Crippen LogP contribution in [0.3, 0.4) is 0 Å². The van der Waals surface area contributed by atoms with Gasteiger partial charge in [-0.15, -0.1) is 11.3 Å². The van der Waals surface area contributed by atoms with Crippen molar-refractivity contribution in [2.75, 3.05) is 7.11 Å². The lowest BCUT2D eigenvalue weighted by Gasteiger charge is -2.15. The maximum atomic E-state index is 9.36. The molecule has 0 radical (unpaired) electrons. The van der Waals surface area contributed by atoms with Crippen molar-refractivity contribution >= 4 is 11.3 Å². The molecule has 1 aromatic heterocycles. The van der Waals surface area contributed by atoms with Gasteiger partial charge in [0.05, 0.1) is 11.0 Å². The molecule has 1 aromatic rings. The number of nitrogens with zero attached hydrogens (tertiary/aromatic N) is 1. The first-order valence-electron chi connectivity index (χ1n) is 4.72. The van der Waals surface area contributed by atoms with Crippen molar-refractivity contribution in [2.45, 2.75) is 33.0 Å². The summed E-state index contributed by atoms with van der Waals surface area (Å²) in [6.07, 6.45) is 1.32. The van der Waals surface area contributed by atoms with E-state index in [1.807, 2.05) is 0 Å². The Balaban J connectivity index is 2.84. The van der Waals surface area contributed by atoms with Gasteiger partial charge in [0.15, 0.2) is 0 Å². The monoisotopic (exact) mass is 215 g/mol. The maximum Gasteiger partial charge on any atom is 0.122 e. The van der Waals surface area contributed by atoms with E-state index in [1.165, 1.54) is 11.3 Å². The van der Waals surface area contributed by atoms with Crippen molar-refractivity contribution in [1.82, 2.24) is 4.98 Å². The number of hydrogen-bond acceptors (Lipinski definition) is 4. The second-order valence-electron chi connectivity index (χ2n) is 3.68. The Bertz CT molecular complexity index is 283. The van der Waals surface area contributed by atoms with Gasteiger partial charge in [-0.1, -0.05) is 13.8 Å². The number of rotatable bonds is 4. The van der Waals surface area contributed by atoms with Gasteiger partial charge in [-0.2, -0.15) is 0 Å². The zero-order chi connectivity index (χ0) is 10.7. The molecule has 0 spiro atoms. The summed E-state index contributed by atoms with van der Waals surface area (Å²) >= 11 is 1.52. The molecule has 2 atom stereocenters. The topological polar surface area (TPSA) is 42.4 Å². The van der Waals surface area contributed by atoms with Crippen molar-refractivity contribution in [3.8, 4) is 0 Å². The lowest BCUT2D eigenvalue weighted by molar-refractivity contribution is 0.0644. The standard InChI is InChI=1S/C10H17NO2S/c1-6(2)9(13-4)10-11-5-8(14-10)7(3)12/h5-7,9,12H,1-4H3. The molecule has 0 aliphatic heterocycles.